The number of carbonyl (C=O) groups is 1. The molecule has 0 aromatic carbocycles. The molecule has 1 atom stereocenters. The molecule has 1 aliphatic carbocycles. The summed E-state index contributed by atoms with van der Waals surface area (Å²) in [7, 11) is 0. The first-order valence-corrected chi connectivity index (χ1v) is 9.00. The Kier molecular flexibility index (Phi) is 6.26. The summed E-state index contributed by atoms with van der Waals surface area (Å²) in [6.07, 6.45) is 2.63. The van der Waals surface area contributed by atoms with Crippen LogP contribution in [0.15, 0.2) is 12.1 Å². The van der Waals surface area contributed by atoms with Crippen molar-refractivity contribution in [3.05, 3.63) is 21.3 Å². The summed E-state index contributed by atoms with van der Waals surface area (Å²) in [4.78, 5) is 12.9. The fourth-order valence-corrected chi connectivity index (χ4v) is 3.92. The smallest absolute Gasteiger partial charge is 0.308 e. The quantitative estimate of drug-likeness (QED) is 0.774. The summed E-state index contributed by atoms with van der Waals surface area (Å²) in [5.74, 6) is -0.187. The Labute approximate surface area is 140 Å². The van der Waals surface area contributed by atoms with Gasteiger partial charge >= 0.3 is 5.97 Å². The Hall–Kier alpha value is -0.620. The van der Waals surface area contributed by atoms with Crippen molar-refractivity contribution < 1.29 is 14.6 Å². The van der Waals surface area contributed by atoms with Crippen molar-refractivity contribution in [3.8, 4) is 0 Å². The molecule has 124 valence electrons. The predicted octanol–water partition coefficient (Wildman–Crippen LogP) is 3.54. The Morgan fingerprint density at radius 3 is 2.77 bits per heavy atom. The highest BCUT2D eigenvalue weighted by atomic mass is 35.5. The van der Waals surface area contributed by atoms with Gasteiger partial charge in [0.1, 0.15) is 0 Å². The first-order chi connectivity index (χ1) is 10.4. The molecular weight excluding hydrogens is 322 g/mol. The van der Waals surface area contributed by atoms with Gasteiger partial charge in [-0.2, -0.15) is 0 Å². The third-order valence-electron chi connectivity index (χ3n) is 4.29. The van der Waals surface area contributed by atoms with Gasteiger partial charge in [0.25, 0.3) is 0 Å². The van der Waals surface area contributed by atoms with E-state index in [1.54, 1.807) is 11.3 Å². The number of hydrogen-bond donors (Lipinski definition) is 2. The van der Waals surface area contributed by atoms with Crippen molar-refractivity contribution in [2.45, 2.75) is 51.2 Å². The molecule has 0 spiro atoms. The minimum absolute atomic E-state index is 0.0613. The molecule has 1 aromatic rings. The molecule has 0 amide bonds. The predicted molar refractivity (Wildman–Crippen MR) is 89.3 cm³/mol. The molecule has 0 radical (unpaired) electrons. The molecule has 2 rings (SSSR count). The molecular formula is C16H24ClNO3S. The van der Waals surface area contributed by atoms with E-state index in [0.29, 0.717) is 38.8 Å². The molecule has 0 aliphatic heterocycles. The van der Waals surface area contributed by atoms with Gasteiger partial charge < -0.3 is 15.2 Å². The second-order valence-electron chi connectivity index (χ2n) is 6.00. The molecule has 0 bridgehead atoms. The highest BCUT2D eigenvalue weighted by molar-refractivity contribution is 7.16. The third kappa shape index (κ3) is 4.69. The van der Waals surface area contributed by atoms with Crippen LogP contribution in [0.4, 0.5) is 0 Å². The van der Waals surface area contributed by atoms with Crippen LogP contribution >= 0.6 is 22.9 Å². The van der Waals surface area contributed by atoms with Crippen molar-refractivity contribution in [2.24, 2.45) is 5.92 Å². The number of halogens is 1. The largest absolute Gasteiger partial charge is 0.466 e. The van der Waals surface area contributed by atoms with E-state index >= 15 is 0 Å². The maximum Gasteiger partial charge on any atom is 0.308 e. The van der Waals surface area contributed by atoms with Crippen LogP contribution in [0.5, 0.6) is 0 Å². The highest BCUT2D eigenvalue weighted by Gasteiger charge is 2.36. The first kappa shape index (κ1) is 17.7. The number of hydrogen-bond acceptors (Lipinski definition) is 5. The second kappa shape index (κ2) is 7.77. The summed E-state index contributed by atoms with van der Waals surface area (Å²) >= 11 is 7.50. The Morgan fingerprint density at radius 2 is 2.23 bits per heavy atom. The molecule has 1 aromatic heterocycles. The normalized spacial score (nSPS) is 26.6. The van der Waals surface area contributed by atoms with E-state index in [0.717, 1.165) is 9.21 Å². The van der Waals surface area contributed by atoms with Crippen LogP contribution in [0.3, 0.4) is 0 Å². The van der Waals surface area contributed by atoms with Crippen LogP contribution in [-0.4, -0.2) is 29.8 Å². The molecule has 1 saturated carbocycles. The summed E-state index contributed by atoms with van der Waals surface area (Å²) in [5.41, 5.74) is -0.738. The Bertz CT molecular complexity index is 497. The minimum atomic E-state index is -0.738. The maximum absolute atomic E-state index is 11.7. The first-order valence-electron chi connectivity index (χ1n) is 7.81. The zero-order chi connectivity index (χ0) is 16.2. The van der Waals surface area contributed by atoms with E-state index in [2.05, 4.69) is 12.2 Å². The molecule has 6 heteroatoms. The van der Waals surface area contributed by atoms with Crippen molar-refractivity contribution in [3.63, 3.8) is 0 Å². The van der Waals surface area contributed by atoms with Gasteiger partial charge in [0.2, 0.25) is 0 Å². The minimum Gasteiger partial charge on any atom is -0.466 e. The van der Waals surface area contributed by atoms with E-state index in [-0.39, 0.29) is 17.9 Å². The van der Waals surface area contributed by atoms with Crippen LogP contribution in [0, 0.1) is 5.92 Å². The summed E-state index contributed by atoms with van der Waals surface area (Å²) in [5, 5.41) is 14.0. The fraction of sp³-hybridized carbons (Fsp3) is 0.688. The van der Waals surface area contributed by atoms with E-state index < -0.39 is 5.60 Å². The lowest BCUT2D eigenvalue weighted by atomic mass is 9.78. The molecule has 1 fully saturated rings. The number of ether oxygens (including phenoxy) is 1. The van der Waals surface area contributed by atoms with Crippen LogP contribution in [0.1, 0.15) is 50.4 Å². The second-order valence-corrected chi connectivity index (χ2v) is 7.74. The van der Waals surface area contributed by atoms with Gasteiger partial charge in [-0.15, -0.1) is 11.3 Å². The number of esters is 1. The van der Waals surface area contributed by atoms with Crippen LogP contribution in [-0.2, 0) is 9.53 Å². The van der Waals surface area contributed by atoms with Gasteiger partial charge in [-0.25, -0.2) is 0 Å². The number of nitrogens with one attached hydrogen (secondary N) is 1. The zero-order valence-corrected chi connectivity index (χ0v) is 14.7. The molecule has 1 heterocycles. The standard InChI is InChI=1S/C16H24ClNO3S/c1-3-21-15(19)12-6-8-16(20,9-7-12)10-18-11(2)13-4-5-14(17)22-13/h4-5,11-12,18,20H,3,6-10H2,1-2H3/t11-,12?,16?/m0/s1. The van der Waals surface area contributed by atoms with Gasteiger partial charge in [-0.3, -0.25) is 4.79 Å². The topological polar surface area (TPSA) is 58.6 Å². The van der Waals surface area contributed by atoms with Gasteiger partial charge in [-0.1, -0.05) is 11.6 Å². The zero-order valence-electron chi connectivity index (χ0n) is 13.1. The molecule has 1 aliphatic rings. The number of carbonyl (C=O) groups excluding carboxylic acids is 1. The fourth-order valence-electron chi connectivity index (χ4n) is 2.83. The third-order valence-corrected chi connectivity index (χ3v) is 5.71. The van der Waals surface area contributed by atoms with Crippen LogP contribution in [0.2, 0.25) is 4.34 Å². The average Bonchev–Trinajstić information content (AvgIpc) is 2.92. The van der Waals surface area contributed by atoms with E-state index in [9.17, 15) is 9.90 Å². The number of thiophene rings is 1. The summed E-state index contributed by atoms with van der Waals surface area (Å²) in [6, 6.07) is 4.05. The number of rotatable bonds is 6. The van der Waals surface area contributed by atoms with E-state index in [4.69, 9.17) is 16.3 Å². The number of aliphatic hydroxyl groups is 1. The van der Waals surface area contributed by atoms with Gasteiger partial charge in [0, 0.05) is 17.5 Å². The Morgan fingerprint density at radius 1 is 1.55 bits per heavy atom. The lowest BCUT2D eigenvalue weighted by Gasteiger charge is -2.36. The molecule has 4 nitrogen and oxygen atoms in total. The summed E-state index contributed by atoms with van der Waals surface area (Å²) < 4.78 is 5.84. The molecule has 0 saturated heterocycles. The van der Waals surface area contributed by atoms with Crippen molar-refractivity contribution in [2.75, 3.05) is 13.2 Å². The van der Waals surface area contributed by atoms with Crippen molar-refractivity contribution in [1.82, 2.24) is 5.32 Å². The molecule has 22 heavy (non-hydrogen) atoms. The van der Waals surface area contributed by atoms with E-state index in [1.165, 1.54) is 0 Å². The van der Waals surface area contributed by atoms with Crippen LogP contribution in [0.25, 0.3) is 0 Å². The average molecular weight is 346 g/mol. The van der Waals surface area contributed by atoms with Crippen molar-refractivity contribution in [1.29, 1.82) is 0 Å². The van der Waals surface area contributed by atoms with Gasteiger partial charge in [0.05, 0.1) is 22.5 Å². The lowest BCUT2D eigenvalue weighted by molar-refractivity contribution is -0.151. The van der Waals surface area contributed by atoms with Gasteiger partial charge in [0.15, 0.2) is 0 Å². The maximum atomic E-state index is 11.7. The molecule has 2 N–H and O–H groups in total. The van der Waals surface area contributed by atoms with Crippen LogP contribution < -0.4 is 5.32 Å². The molecule has 0 unspecified atom stereocenters. The Balaban J connectivity index is 1.80. The lowest BCUT2D eigenvalue weighted by Crippen LogP contribution is -2.45. The monoisotopic (exact) mass is 345 g/mol. The van der Waals surface area contributed by atoms with Gasteiger partial charge in [-0.05, 0) is 51.7 Å². The highest BCUT2D eigenvalue weighted by Crippen LogP contribution is 2.33. The van der Waals surface area contributed by atoms with E-state index in [1.807, 2.05) is 19.1 Å². The van der Waals surface area contributed by atoms with Crippen molar-refractivity contribution >= 4 is 28.9 Å². The SMILES string of the molecule is CCOC(=O)C1CCC(O)(CN[C@@H](C)c2ccc(Cl)s2)CC1. The summed E-state index contributed by atoms with van der Waals surface area (Å²) in [6.45, 7) is 4.83.